The summed E-state index contributed by atoms with van der Waals surface area (Å²) in [5, 5.41) is 12.8. The number of amides is 2. The largest absolute Gasteiger partial charge is 0.350 e. The highest BCUT2D eigenvalue weighted by atomic mass is 35.5. The van der Waals surface area contributed by atoms with E-state index in [0.29, 0.717) is 34.8 Å². The molecule has 2 heterocycles. The van der Waals surface area contributed by atoms with Gasteiger partial charge in [-0.05, 0) is 24.1 Å². The van der Waals surface area contributed by atoms with Gasteiger partial charge in [0.15, 0.2) is 0 Å². The highest BCUT2D eigenvalue weighted by Crippen LogP contribution is 2.29. The maximum absolute atomic E-state index is 12.1. The van der Waals surface area contributed by atoms with Crippen molar-refractivity contribution in [3.8, 4) is 0 Å². The molecule has 0 radical (unpaired) electrons. The minimum Gasteiger partial charge on any atom is -0.350 e. The Bertz CT molecular complexity index is 781. The van der Waals surface area contributed by atoms with Gasteiger partial charge in [0.2, 0.25) is 22.1 Å². The lowest BCUT2D eigenvalue weighted by atomic mass is 10.2. The molecule has 1 aliphatic heterocycles. The lowest BCUT2D eigenvalue weighted by Crippen LogP contribution is -2.34. The Morgan fingerprint density at radius 2 is 2.28 bits per heavy atom. The Morgan fingerprint density at radius 1 is 1.44 bits per heavy atom. The third-order valence-corrected chi connectivity index (χ3v) is 5.09. The Labute approximate surface area is 154 Å². The number of likely N-dealkylation sites (N-methyl/N-ethyl adjacent to an activating group) is 1. The molecule has 1 saturated heterocycles. The predicted molar refractivity (Wildman–Crippen MR) is 98.1 cm³/mol. The van der Waals surface area contributed by atoms with Gasteiger partial charge in [0.1, 0.15) is 0 Å². The first-order chi connectivity index (χ1) is 12.0. The van der Waals surface area contributed by atoms with Crippen molar-refractivity contribution in [3.63, 3.8) is 0 Å². The van der Waals surface area contributed by atoms with E-state index in [0.717, 1.165) is 12.0 Å². The lowest BCUT2D eigenvalue weighted by molar-refractivity contribution is -0.120. The molecule has 1 aliphatic rings. The maximum atomic E-state index is 12.1. The number of anilines is 2. The summed E-state index contributed by atoms with van der Waals surface area (Å²) in [5.41, 5.74) is 0.939. The Balaban J connectivity index is 1.53. The summed E-state index contributed by atoms with van der Waals surface area (Å²) in [4.78, 5) is 27.2. The van der Waals surface area contributed by atoms with Crippen LogP contribution < -0.4 is 15.1 Å². The standard InChI is InChI=1S/C16H18ClN5O2S/c1-21(10-13(23)18-9-11-4-2-5-12(17)8-11)15-19-20-16(25-15)22-7-3-6-14(22)24/h2,4-5,8H,3,6-7,9-10H2,1H3,(H,18,23). The van der Waals surface area contributed by atoms with E-state index in [2.05, 4.69) is 15.5 Å². The minimum absolute atomic E-state index is 0.0737. The first-order valence-electron chi connectivity index (χ1n) is 7.89. The number of hydrogen-bond acceptors (Lipinski definition) is 6. The molecule has 2 aromatic rings. The molecule has 1 aromatic heterocycles. The summed E-state index contributed by atoms with van der Waals surface area (Å²) in [5.74, 6) is -0.0545. The van der Waals surface area contributed by atoms with Crippen molar-refractivity contribution in [2.24, 2.45) is 0 Å². The molecule has 7 nitrogen and oxygen atoms in total. The second kappa shape index (κ2) is 7.79. The van der Waals surface area contributed by atoms with Crippen LogP contribution in [-0.2, 0) is 16.1 Å². The highest BCUT2D eigenvalue weighted by molar-refractivity contribution is 7.19. The molecule has 1 aromatic carbocycles. The average Bonchev–Trinajstić information content (AvgIpc) is 3.21. The molecule has 9 heteroatoms. The van der Waals surface area contributed by atoms with E-state index in [4.69, 9.17) is 11.6 Å². The fourth-order valence-electron chi connectivity index (χ4n) is 2.51. The Kier molecular flexibility index (Phi) is 5.50. The molecule has 1 N–H and O–H groups in total. The third-order valence-electron chi connectivity index (χ3n) is 3.79. The van der Waals surface area contributed by atoms with Crippen LogP contribution in [0.1, 0.15) is 18.4 Å². The van der Waals surface area contributed by atoms with E-state index in [-0.39, 0.29) is 18.4 Å². The molecule has 0 spiro atoms. The minimum atomic E-state index is -0.128. The van der Waals surface area contributed by atoms with Crippen molar-refractivity contribution in [1.82, 2.24) is 15.5 Å². The molecule has 2 amide bonds. The third kappa shape index (κ3) is 4.46. The van der Waals surface area contributed by atoms with Crippen molar-refractivity contribution < 1.29 is 9.59 Å². The van der Waals surface area contributed by atoms with Crippen LogP contribution in [0, 0.1) is 0 Å². The number of nitrogens with one attached hydrogen (secondary N) is 1. The zero-order valence-corrected chi connectivity index (χ0v) is 15.3. The van der Waals surface area contributed by atoms with Crippen molar-refractivity contribution in [3.05, 3.63) is 34.9 Å². The van der Waals surface area contributed by atoms with Crippen molar-refractivity contribution >= 4 is 45.0 Å². The number of hydrogen-bond donors (Lipinski definition) is 1. The number of carbonyl (C=O) groups excluding carboxylic acids is 2. The van der Waals surface area contributed by atoms with E-state index >= 15 is 0 Å². The van der Waals surface area contributed by atoms with Gasteiger partial charge in [-0.3, -0.25) is 14.5 Å². The average molecular weight is 380 g/mol. The van der Waals surface area contributed by atoms with Gasteiger partial charge in [0.25, 0.3) is 0 Å². The smallest absolute Gasteiger partial charge is 0.239 e. The zero-order valence-electron chi connectivity index (χ0n) is 13.7. The van der Waals surface area contributed by atoms with Gasteiger partial charge in [-0.15, -0.1) is 10.2 Å². The summed E-state index contributed by atoms with van der Waals surface area (Å²) in [6.07, 6.45) is 1.39. The number of halogens is 1. The number of benzene rings is 1. The molecule has 1 fully saturated rings. The highest BCUT2D eigenvalue weighted by Gasteiger charge is 2.25. The fraction of sp³-hybridized carbons (Fsp3) is 0.375. The number of nitrogens with zero attached hydrogens (tertiary/aromatic N) is 4. The molecule has 25 heavy (non-hydrogen) atoms. The summed E-state index contributed by atoms with van der Waals surface area (Å²) < 4.78 is 0. The van der Waals surface area contributed by atoms with E-state index in [1.165, 1.54) is 11.3 Å². The fourth-order valence-corrected chi connectivity index (χ4v) is 3.57. The van der Waals surface area contributed by atoms with Crippen LogP contribution in [0.25, 0.3) is 0 Å². The summed E-state index contributed by atoms with van der Waals surface area (Å²) in [6, 6.07) is 7.35. The van der Waals surface area contributed by atoms with Crippen molar-refractivity contribution in [2.45, 2.75) is 19.4 Å². The lowest BCUT2D eigenvalue weighted by Gasteiger charge is -2.15. The number of carbonyl (C=O) groups is 2. The second-order valence-electron chi connectivity index (χ2n) is 5.78. The van der Waals surface area contributed by atoms with Gasteiger partial charge in [-0.25, -0.2) is 0 Å². The molecule has 0 unspecified atom stereocenters. The SMILES string of the molecule is CN(CC(=O)NCc1cccc(Cl)c1)c1nnc(N2CCCC2=O)s1. The van der Waals surface area contributed by atoms with Gasteiger partial charge in [0, 0.05) is 31.6 Å². The molecule has 0 aliphatic carbocycles. The van der Waals surface area contributed by atoms with Crippen LogP contribution in [0.15, 0.2) is 24.3 Å². The number of aromatic nitrogens is 2. The van der Waals surface area contributed by atoms with Crippen LogP contribution in [0.3, 0.4) is 0 Å². The van der Waals surface area contributed by atoms with Gasteiger partial charge in [-0.2, -0.15) is 0 Å². The quantitative estimate of drug-likeness (QED) is 0.831. The van der Waals surface area contributed by atoms with Gasteiger partial charge in [-0.1, -0.05) is 35.1 Å². The summed E-state index contributed by atoms with van der Waals surface area (Å²) >= 11 is 7.24. The first kappa shape index (κ1) is 17.6. The molecular weight excluding hydrogens is 362 g/mol. The molecule has 0 saturated carbocycles. The first-order valence-corrected chi connectivity index (χ1v) is 9.08. The van der Waals surface area contributed by atoms with E-state index in [9.17, 15) is 9.59 Å². The van der Waals surface area contributed by atoms with E-state index < -0.39 is 0 Å². The molecular formula is C16H18ClN5O2S. The van der Waals surface area contributed by atoms with Crippen LogP contribution in [-0.4, -0.2) is 42.1 Å². The molecule has 132 valence electrons. The second-order valence-corrected chi connectivity index (χ2v) is 7.15. The number of rotatable bonds is 6. The van der Waals surface area contributed by atoms with Crippen LogP contribution >= 0.6 is 22.9 Å². The van der Waals surface area contributed by atoms with Crippen LogP contribution in [0.5, 0.6) is 0 Å². The molecule has 0 atom stereocenters. The van der Waals surface area contributed by atoms with Crippen LogP contribution in [0.2, 0.25) is 5.02 Å². The molecule has 0 bridgehead atoms. The topological polar surface area (TPSA) is 78.4 Å². The van der Waals surface area contributed by atoms with E-state index in [1.54, 1.807) is 22.9 Å². The maximum Gasteiger partial charge on any atom is 0.239 e. The normalized spacial score (nSPS) is 14.0. The predicted octanol–water partition coefficient (Wildman–Crippen LogP) is 2.07. The molecule has 3 rings (SSSR count). The van der Waals surface area contributed by atoms with Gasteiger partial charge in [0.05, 0.1) is 6.54 Å². The van der Waals surface area contributed by atoms with Gasteiger partial charge >= 0.3 is 0 Å². The van der Waals surface area contributed by atoms with Crippen molar-refractivity contribution in [1.29, 1.82) is 0 Å². The van der Waals surface area contributed by atoms with Crippen molar-refractivity contribution in [2.75, 3.05) is 29.9 Å². The zero-order chi connectivity index (χ0) is 17.8. The summed E-state index contributed by atoms with van der Waals surface area (Å²) in [7, 11) is 1.77. The monoisotopic (exact) mass is 379 g/mol. The Morgan fingerprint density at radius 3 is 3.00 bits per heavy atom. The van der Waals surface area contributed by atoms with Gasteiger partial charge < -0.3 is 10.2 Å². The Hall–Kier alpha value is -2.19. The van der Waals surface area contributed by atoms with Crippen LogP contribution in [0.4, 0.5) is 10.3 Å². The summed E-state index contributed by atoms with van der Waals surface area (Å²) in [6.45, 7) is 1.25. The van der Waals surface area contributed by atoms with E-state index in [1.807, 2.05) is 18.2 Å².